The maximum absolute atomic E-state index is 11.4. The van der Waals surface area contributed by atoms with Crippen LogP contribution in [0, 0.1) is 13.8 Å². The number of carbonyl (C=O) groups is 1. The van der Waals surface area contributed by atoms with Crippen LogP contribution in [0.25, 0.3) is 0 Å². The highest BCUT2D eigenvalue weighted by atomic mass is 16.5. The van der Waals surface area contributed by atoms with E-state index in [0.29, 0.717) is 12.1 Å². The van der Waals surface area contributed by atoms with Gasteiger partial charge in [0.05, 0.1) is 12.2 Å². The summed E-state index contributed by atoms with van der Waals surface area (Å²) in [7, 11) is 0. The molecule has 132 valence electrons. The van der Waals surface area contributed by atoms with Gasteiger partial charge in [0.15, 0.2) is 0 Å². The summed E-state index contributed by atoms with van der Waals surface area (Å²) in [6, 6.07) is 0.804. The molecule has 3 N–H and O–H groups in total. The summed E-state index contributed by atoms with van der Waals surface area (Å²) in [5, 5.41) is 3.70. The molecule has 0 bridgehead atoms. The van der Waals surface area contributed by atoms with Crippen molar-refractivity contribution in [2.45, 2.75) is 58.2 Å². The van der Waals surface area contributed by atoms with Gasteiger partial charge in [0.25, 0.3) is 5.91 Å². The van der Waals surface area contributed by atoms with E-state index in [4.69, 9.17) is 10.5 Å². The molecule has 2 aliphatic rings. The predicted octanol–water partition coefficient (Wildman–Crippen LogP) is 0.928. The Hall–Kier alpha value is -1.73. The van der Waals surface area contributed by atoms with E-state index in [1.165, 1.54) is 0 Å². The molecule has 7 nitrogen and oxygen atoms in total. The summed E-state index contributed by atoms with van der Waals surface area (Å²) in [6.45, 7) is 10.7. The maximum atomic E-state index is 11.4. The van der Waals surface area contributed by atoms with Gasteiger partial charge in [0.1, 0.15) is 5.82 Å². The van der Waals surface area contributed by atoms with E-state index in [-0.39, 0.29) is 11.4 Å². The van der Waals surface area contributed by atoms with E-state index in [0.717, 1.165) is 49.6 Å². The van der Waals surface area contributed by atoms with Crippen LogP contribution in [-0.4, -0.2) is 53.3 Å². The first-order valence-corrected chi connectivity index (χ1v) is 8.55. The number of rotatable bonds is 4. The third kappa shape index (κ3) is 3.52. The van der Waals surface area contributed by atoms with Crippen LogP contribution in [0.2, 0.25) is 0 Å². The Kier molecular flexibility index (Phi) is 4.48. The zero-order chi connectivity index (χ0) is 17.5. The molecular formula is C17H27N5O2. The van der Waals surface area contributed by atoms with Gasteiger partial charge in [-0.25, -0.2) is 9.97 Å². The molecule has 3 heterocycles. The predicted molar refractivity (Wildman–Crippen MR) is 92.2 cm³/mol. The van der Waals surface area contributed by atoms with Crippen LogP contribution in [0.5, 0.6) is 0 Å². The fourth-order valence-corrected chi connectivity index (χ4v) is 3.60. The molecule has 1 aromatic rings. The average Bonchev–Trinajstić information content (AvgIpc) is 3.08. The molecule has 2 saturated heterocycles. The Morgan fingerprint density at radius 2 is 2.08 bits per heavy atom. The van der Waals surface area contributed by atoms with E-state index in [2.05, 4.69) is 34.0 Å². The molecule has 3 rings (SSSR count). The highest BCUT2D eigenvalue weighted by Crippen LogP contribution is 2.27. The molecule has 2 aliphatic heterocycles. The van der Waals surface area contributed by atoms with Crippen LogP contribution < -0.4 is 16.0 Å². The van der Waals surface area contributed by atoms with Gasteiger partial charge in [-0.05, 0) is 40.5 Å². The molecular weight excluding hydrogens is 306 g/mol. The fraction of sp³-hybridized carbons (Fsp3) is 0.706. The van der Waals surface area contributed by atoms with Crippen molar-refractivity contribution in [3.05, 3.63) is 17.1 Å². The standard InChI is InChI=1S/C17H27N5O2/c1-10-11(2)19-15(14(18)23)21-16(10)22-6-5-12(8-22)20-13-7-17(3,4)24-9-13/h12-13,20H,5-9H2,1-4H3,(H2,18,23)/t12-,13?/m1/s1. The van der Waals surface area contributed by atoms with Crippen molar-refractivity contribution in [3.8, 4) is 0 Å². The number of aromatic nitrogens is 2. The monoisotopic (exact) mass is 333 g/mol. The van der Waals surface area contributed by atoms with Crippen molar-refractivity contribution in [3.63, 3.8) is 0 Å². The smallest absolute Gasteiger partial charge is 0.286 e. The van der Waals surface area contributed by atoms with E-state index in [1.54, 1.807) is 0 Å². The van der Waals surface area contributed by atoms with E-state index in [1.807, 2.05) is 13.8 Å². The number of hydrogen-bond acceptors (Lipinski definition) is 6. The molecule has 0 aromatic carbocycles. The second-order valence-corrected chi connectivity index (χ2v) is 7.52. The summed E-state index contributed by atoms with van der Waals surface area (Å²) in [5.74, 6) is 0.331. The van der Waals surface area contributed by atoms with E-state index < -0.39 is 5.91 Å². The number of nitrogens with one attached hydrogen (secondary N) is 1. The molecule has 0 aliphatic carbocycles. The van der Waals surface area contributed by atoms with Crippen LogP contribution in [-0.2, 0) is 4.74 Å². The second-order valence-electron chi connectivity index (χ2n) is 7.52. The van der Waals surface area contributed by atoms with E-state index in [9.17, 15) is 4.79 Å². The number of nitrogens with two attached hydrogens (primary N) is 1. The van der Waals surface area contributed by atoms with Gasteiger partial charge in [0.2, 0.25) is 5.82 Å². The number of ether oxygens (including phenoxy) is 1. The van der Waals surface area contributed by atoms with Crippen LogP contribution in [0.15, 0.2) is 0 Å². The average molecular weight is 333 g/mol. The van der Waals surface area contributed by atoms with Crippen LogP contribution in [0.1, 0.15) is 48.6 Å². The summed E-state index contributed by atoms with van der Waals surface area (Å²) in [5.41, 5.74) is 7.13. The maximum Gasteiger partial charge on any atom is 0.286 e. The molecule has 7 heteroatoms. The number of primary amides is 1. The number of amides is 1. The molecule has 2 fully saturated rings. The van der Waals surface area contributed by atoms with Crippen LogP contribution in [0.4, 0.5) is 5.82 Å². The molecule has 0 saturated carbocycles. The van der Waals surface area contributed by atoms with Crippen LogP contribution in [0.3, 0.4) is 0 Å². The molecule has 24 heavy (non-hydrogen) atoms. The number of anilines is 1. The first kappa shape index (κ1) is 17.1. The third-order valence-corrected chi connectivity index (χ3v) is 4.96. The van der Waals surface area contributed by atoms with Gasteiger partial charge >= 0.3 is 0 Å². The Morgan fingerprint density at radius 3 is 2.71 bits per heavy atom. The lowest BCUT2D eigenvalue weighted by molar-refractivity contribution is 0.0356. The first-order valence-electron chi connectivity index (χ1n) is 8.55. The lowest BCUT2D eigenvalue weighted by Gasteiger charge is -2.22. The largest absolute Gasteiger partial charge is 0.374 e. The van der Waals surface area contributed by atoms with Gasteiger partial charge in [-0.15, -0.1) is 0 Å². The Morgan fingerprint density at radius 1 is 1.33 bits per heavy atom. The number of nitrogens with zero attached hydrogens (tertiary/aromatic N) is 3. The number of aryl methyl sites for hydroxylation is 1. The zero-order valence-electron chi connectivity index (χ0n) is 14.9. The minimum atomic E-state index is -0.585. The van der Waals surface area contributed by atoms with Crippen molar-refractivity contribution in [2.75, 3.05) is 24.6 Å². The molecule has 0 spiro atoms. The number of hydrogen-bond donors (Lipinski definition) is 2. The Labute approximate surface area is 143 Å². The van der Waals surface area contributed by atoms with Gasteiger partial charge in [-0.1, -0.05) is 0 Å². The topological polar surface area (TPSA) is 93.4 Å². The lowest BCUT2D eigenvalue weighted by Crippen LogP contribution is -2.41. The van der Waals surface area contributed by atoms with Crippen molar-refractivity contribution >= 4 is 11.7 Å². The normalized spacial score (nSPS) is 26.1. The van der Waals surface area contributed by atoms with E-state index >= 15 is 0 Å². The molecule has 0 radical (unpaired) electrons. The second kappa shape index (κ2) is 6.29. The first-order chi connectivity index (χ1) is 11.2. The van der Waals surface area contributed by atoms with Gasteiger partial charge in [-0.3, -0.25) is 4.79 Å². The lowest BCUT2D eigenvalue weighted by atomic mass is 10.0. The summed E-state index contributed by atoms with van der Waals surface area (Å²) in [4.78, 5) is 22.2. The minimum absolute atomic E-state index is 0.0350. The van der Waals surface area contributed by atoms with Crippen molar-refractivity contribution in [1.29, 1.82) is 0 Å². The van der Waals surface area contributed by atoms with Crippen molar-refractivity contribution < 1.29 is 9.53 Å². The summed E-state index contributed by atoms with van der Waals surface area (Å²) in [6.07, 6.45) is 2.08. The fourth-order valence-electron chi connectivity index (χ4n) is 3.60. The van der Waals surface area contributed by atoms with Gasteiger partial charge in [0, 0.05) is 36.4 Å². The third-order valence-electron chi connectivity index (χ3n) is 4.96. The van der Waals surface area contributed by atoms with Crippen molar-refractivity contribution in [1.82, 2.24) is 15.3 Å². The zero-order valence-corrected chi connectivity index (χ0v) is 14.9. The SMILES string of the molecule is Cc1nc(C(N)=O)nc(N2CC[C@@H](NC3COC(C)(C)C3)C2)c1C. The summed E-state index contributed by atoms with van der Waals surface area (Å²) >= 11 is 0. The molecule has 1 amide bonds. The number of carbonyl (C=O) groups excluding carboxylic acids is 1. The minimum Gasteiger partial charge on any atom is -0.374 e. The van der Waals surface area contributed by atoms with Crippen LogP contribution >= 0.6 is 0 Å². The Balaban J connectivity index is 1.68. The quantitative estimate of drug-likeness (QED) is 0.851. The summed E-state index contributed by atoms with van der Waals surface area (Å²) < 4.78 is 5.80. The molecule has 1 aromatic heterocycles. The molecule has 1 unspecified atom stereocenters. The Bertz CT molecular complexity index is 646. The van der Waals surface area contributed by atoms with Gasteiger partial charge < -0.3 is 20.7 Å². The van der Waals surface area contributed by atoms with Gasteiger partial charge in [-0.2, -0.15) is 0 Å². The highest BCUT2D eigenvalue weighted by Gasteiger charge is 2.35. The highest BCUT2D eigenvalue weighted by molar-refractivity contribution is 5.89. The van der Waals surface area contributed by atoms with Crippen molar-refractivity contribution in [2.24, 2.45) is 5.73 Å². The molecule has 2 atom stereocenters.